The van der Waals surface area contributed by atoms with Crippen molar-refractivity contribution in [2.24, 2.45) is 5.92 Å². The van der Waals surface area contributed by atoms with Gasteiger partial charge in [-0.2, -0.15) is 0 Å². The summed E-state index contributed by atoms with van der Waals surface area (Å²) in [5.74, 6) is -0.492. The van der Waals surface area contributed by atoms with Gasteiger partial charge in [0, 0.05) is 34.6 Å². The number of carbonyl (C=O) groups is 2. The van der Waals surface area contributed by atoms with Gasteiger partial charge in [-0.25, -0.2) is 0 Å². The summed E-state index contributed by atoms with van der Waals surface area (Å²) < 4.78 is 0. The van der Waals surface area contributed by atoms with Gasteiger partial charge < -0.3 is 15.3 Å². The largest absolute Gasteiger partial charge is 0.481 e. The number of thiophene rings is 1. The third kappa shape index (κ3) is 6.31. The molecule has 2 N–H and O–H groups in total. The van der Waals surface area contributed by atoms with Gasteiger partial charge in [0.05, 0.1) is 12.5 Å². The molecule has 5 nitrogen and oxygen atoms in total. The number of aliphatic carboxylic acids is 1. The highest BCUT2D eigenvalue weighted by Crippen LogP contribution is 2.43. The Labute approximate surface area is 211 Å². The molecule has 1 unspecified atom stereocenters. The molecule has 35 heavy (non-hydrogen) atoms. The quantitative estimate of drug-likeness (QED) is 0.339. The van der Waals surface area contributed by atoms with E-state index in [4.69, 9.17) is 5.11 Å². The summed E-state index contributed by atoms with van der Waals surface area (Å²) in [4.78, 5) is 27.6. The third-order valence-electron chi connectivity index (χ3n) is 6.88. The summed E-state index contributed by atoms with van der Waals surface area (Å²) >= 11 is 1.88. The van der Waals surface area contributed by atoms with Gasteiger partial charge in [0.2, 0.25) is 0 Å². The molecule has 184 valence electrons. The van der Waals surface area contributed by atoms with Crippen LogP contribution in [0.25, 0.3) is 10.4 Å². The van der Waals surface area contributed by atoms with Crippen molar-refractivity contribution < 1.29 is 14.7 Å². The fraction of sp³-hybridized carbons (Fsp3) is 0.379. The summed E-state index contributed by atoms with van der Waals surface area (Å²) in [7, 11) is 1.64. The number of carboxylic acid groups (broad SMARTS) is 1. The summed E-state index contributed by atoms with van der Waals surface area (Å²) in [6, 6.07) is 20.7. The smallest absolute Gasteiger partial charge is 0.305 e. The Morgan fingerprint density at radius 2 is 1.74 bits per heavy atom. The minimum absolute atomic E-state index is 0.0594. The van der Waals surface area contributed by atoms with Crippen LogP contribution in [0.3, 0.4) is 0 Å². The van der Waals surface area contributed by atoms with Crippen molar-refractivity contribution in [3.8, 4) is 10.4 Å². The topological polar surface area (TPSA) is 69.6 Å². The molecule has 0 spiro atoms. The zero-order chi connectivity index (χ0) is 24.8. The van der Waals surface area contributed by atoms with E-state index in [-0.39, 0.29) is 24.9 Å². The molecule has 0 radical (unpaired) electrons. The van der Waals surface area contributed by atoms with Gasteiger partial charge >= 0.3 is 5.97 Å². The normalized spacial score (nSPS) is 14.9. The highest BCUT2D eigenvalue weighted by molar-refractivity contribution is 7.15. The molecule has 0 aliphatic heterocycles. The lowest BCUT2D eigenvalue weighted by Gasteiger charge is -2.32. The fourth-order valence-electron chi connectivity index (χ4n) is 4.89. The Morgan fingerprint density at radius 1 is 1.06 bits per heavy atom. The van der Waals surface area contributed by atoms with Crippen LogP contribution < -0.4 is 5.32 Å². The molecule has 1 heterocycles. The number of anilines is 1. The predicted octanol–water partition coefficient (Wildman–Crippen LogP) is 7.00. The van der Waals surface area contributed by atoms with Crippen molar-refractivity contribution >= 4 is 28.9 Å². The number of aryl methyl sites for hydroxylation is 1. The molecule has 1 saturated carbocycles. The van der Waals surface area contributed by atoms with Crippen molar-refractivity contribution in [1.82, 2.24) is 4.90 Å². The first-order valence-electron chi connectivity index (χ1n) is 12.4. The molecule has 6 heteroatoms. The number of nitrogens with one attached hydrogen (secondary N) is 1. The molecule has 1 fully saturated rings. The predicted molar refractivity (Wildman–Crippen MR) is 143 cm³/mol. The summed E-state index contributed by atoms with van der Waals surface area (Å²) in [6.45, 7) is 2.41. The van der Waals surface area contributed by atoms with Crippen LogP contribution in [0, 0.1) is 12.8 Å². The highest BCUT2D eigenvalue weighted by Gasteiger charge is 2.28. The third-order valence-corrected chi connectivity index (χ3v) is 8.25. The zero-order valence-corrected chi connectivity index (χ0v) is 21.3. The van der Waals surface area contributed by atoms with E-state index in [9.17, 15) is 9.59 Å². The Bertz CT molecular complexity index is 1130. The molecule has 4 rings (SSSR count). The fourth-order valence-corrected chi connectivity index (χ4v) is 6.21. The molecule has 2 aromatic carbocycles. The van der Waals surface area contributed by atoms with Gasteiger partial charge in [-0.3, -0.25) is 9.59 Å². The van der Waals surface area contributed by atoms with E-state index in [2.05, 4.69) is 48.6 Å². The van der Waals surface area contributed by atoms with Crippen LogP contribution >= 0.6 is 11.3 Å². The van der Waals surface area contributed by atoms with Crippen molar-refractivity contribution in [2.75, 3.05) is 18.9 Å². The van der Waals surface area contributed by atoms with E-state index < -0.39 is 5.97 Å². The minimum atomic E-state index is -0.905. The molecule has 1 aromatic heterocycles. The molecule has 0 saturated heterocycles. The standard InChI is InChI=1S/C29H34N2O3S/c1-20-19-25(21-9-5-3-6-10-21)35-28(20)27(22-11-7-4-8-12-22)30-24-15-13-23(14-16-24)29(34)31(2)18-17-26(32)33/h3,5-6,9-10,13-16,19,22,27,30H,4,7-8,11-12,17-18H2,1-2H3,(H,32,33). The summed E-state index contributed by atoms with van der Waals surface area (Å²) in [6.07, 6.45) is 6.25. The molecule has 1 aliphatic rings. The van der Waals surface area contributed by atoms with Crippen molar-refractivity contribution in [3.05, 3.63) is 76.7 Å². The molecule has 0 bridgehead atoms. The Balaban J connectivity index is 1.54. The first-order valence-corrected chi connectivity index (χ1v) is 13.2. The lowest BCUT2D eigenvalue weighted by molar-refractivity contribution is -0.137. The second-order valence-electron chi connectivity index (χ2n) is 9.49. The van der Waals surface area contributed by atoms with E-state index in [0.29, 0.717) is 11.5 Å². The number of carboxylic acids is 1. The first kappa shape index (κ1) is 25.0. The minimum Gasteiger partial charge on any atom is -0.481 e. The molecule has 1 amide bonds. The Hall–Kier alpha value is -3.12. The number of rotatable bonds is 9. The van der Waals surface area contributed by atoms with Crippen LogP contribution in [0.4, 0.5) is 5.69 Å². The number of nitrogens with zero attached hydrogens (tertiary/aromatic N) is 1. The van der Waals surface area contributed by atoms with Gasteiger partial charge in [-0.1, -0.05) is 49.6 Å². The van der Waals surface area contributed by atoms with Gasteiger partial charge in [0.1, 0.15) is 0 Å². The van der Waals surface area contributed by atoms with Crippen LogP contribution in [0.15, 0.2) is 60.7 Å². The molecular formula is C29H34N2O3S. The highest BCUT2D eigenvalue weighted by atomic mass is 32.1. The van der Waals surface area contributed by atoms with Crippen molar-refractivity contribution in [2.45, 2.75) is 51.5 Å². The maximum Gasteiger partial charge on any atom is 0.305 e. The van der Waals surface area contributed by atoms with E-state index >= 15 is 0 Å². The zero-order valence-electron chi connectivity index (χ0n) is 20.5. The van der Waals surface area contributed by atoms with Gasteiger partial charge in [-0.05, 0) is 67.1 Å². The first-order chi connectivity index (χ1) is 16.9. The lowest BCUT2D eigenvalue weighted by atomic mass is 9.82. The number of benzene rings is 2. The van der Waals surface area contributed by atoms with E-state index in [1.54, 1.807) is 7.05 Å². The van der Waals surface area contributed by atoms with Crippen LogP contribution in [0.2, 0.25) is 0 Å². The molecular weight excluding hydrogens is 456 g/mol. The maximum absolute atomic E-state index is 12.7. The Morgan fingerprint density at radius 3 is 2.40 bits per heavy atom. The van der Waals surface area contributed by atoms with Crippen LogP contribution in [-0.4, -0.2) is 35.5 Å². The second kappa shape index (κ2) is 11.5. The van der Waals surface area contributed by atoms with Crippen LogP contribution in [0.1, 0.15) is 65.4 Å². The number of carbonyl (C=O) groups excluding carboxylic acids is 1. The van der Waals surface area contributed by atoms with E-state index in [0.717, 1.165) is 5.69 Å². The average Bonchev–Trinajstić information content (AvgIpc) is 3.28. The van der Waals surface area contributed by atoms with Gasteiger partial charge in [0.15, 0.2) is 0 Å². The monoisotopic (exact) mass is 490 g/mol. The summed E-state index contributed by atoms with van der Waals surface area (Å²) in [5, 5.41) is 12.7. The lowest BCUT2D eigenvalue weighted by Crippen LogP contribution is -2.29. The number of amides is 1. The molecule has 1 aliphatic carbocycles. The molecule has 3 aromatic rings. The van der Waals surface area contributed by atoms with E-state index in [1.807, 2.05) is 35.6 Å². The maximum atomic E-state index is 12.7. The number of hydrogen-bond donors (Lipinski definition) is 2. The second-order valence-corrected chi connectivity index (χ2v) is 10.6. The SMILES string of the molecule is Cc1cc(-c2ccccc2)sc1C(Nc1ccc(C(=O)N(C)CCC(=O)O)cc1)C1CCCCC1. The van der Waals surface area contributed by atoms with Crippen LogP contribution in [-0.2, 0) is 4.79 Å². The van der Waals surface area contributed by atoms with Crippen molar-refractivity contribution in [1.29, 1.82) is 0 Å². The Kier molecular flexibility index (Phi) is 8.24. The van der Waals surface area contributed by atoms with Crippen molar-refractivity contribution in [3.63, 3.8) is 0 Å². The van der Waals surface area contributed by atoms with Gasteiger partial charge in [0.25, 0.3) is 5.91 Å². The summed E-state index contributed by atoms with van der Waals surface area (Å²) in [5.41, 5.74) is 4.14. The van der Waals surface area contributed by atoms with Crippen LogP contribution in [0.5, 0.6) is 0 Å². The van der Waals surface area contributed by atoms with E-state index in [1.165, 1.54) is 57.9 Å². The molecule has 1 atom stereocenters. The number of hydrogen-bond acceptors (Lipinski definition) is 4. The average molecular weight is 491 g/mol. The van der Waals surface area contributed by atoms with Gasteiger partial charge in [-0.15, -0.1) is 11.3 Å².